The van der Waals surface area contributed by atoms with Crippen molar-refractivity contribution in [1.82, 2.24) is 19.2 Å². The molecule has 0 saturated carbocycles. The molecular formula is C16H20N4O3S2. The van der Waals surface area contributed by atoms with Crippen LogP contribution in [-0.4, -0.2) is 65.9 Å². The Morgan fingerprint density at radius 2 is 2.00 bits per heavy atom. The van der Waals surface area contributed by atoms with Gasteiger partial charge in [0.25, 0.3) is 5.91 Å². The lowest BCUT2D eigenvalue weighted by atomic mass is 10.3. The predicted molar refractivity (Wildman–Crippen MR) is 97.0 cm³/mol. The van der Waals surface area contributed by atoms with Crippen molar-refractivity contribution in [1.29, 1.82) is 0 Å². The highest BCUT2D eigenvalue weighted by Gasteiger charge is 2.27. The molecule has 3 rings (SSSR count). The lowest BCUT2D eigenvalue weighted by molar-refractivity contribution is 0.0768. The van der Waals surface area contributed by atoms with Gasteiger partial charge in [-0.05, 0) is 25.5 Å². The summed E-state index contributed by atoms with van der Waals surface area (Å²) in [6.07, 6.45) is 3.53. The highest BCUT2D eigenvalue weighted by molar-refractivity contribution is 7.88. The van der Waals surface area contributed by atoms with Gasteiger partial charge >= 0.3 is 0 Å². The molecule has 1 fully saturated rings. The largest absolute Gasteiger partial charge is 0.337 e. The first kappa shape index (κ1) is 18.0. The van der Waals surface area contributed by atoms with Gasteiger partial charge in [0.15, 0.2) is 0 Å². The maximum Gasteiger partial charge on any atom is 0.265 e. The number of nitrogens with zero attached hydrogens (tertiary/aromatic N) is 4. The zero-order valence-electron chi connectivity index (χ0n) is 14.2. The smallest absolute Gasteiger partial charge is 0.265 e. The lowest BCUT2D eigenvalue weighted by Gasteiger charge is -2.20. The predicted octanol–water partition coefficient (Wildman–Crippen LogP) is 1.62. The third-order valence-electron chi connectivity index (χ3n) is 4.09. The summed E-state index contributed by atoms with van der Waals surface area (Å²) in [7, 11) is -3.23. The molecule has 0 radical (unpaired) electrons. The first-order valence-corrected chi connectivity index (χ1v) is 10.7. The Balaban J connectivity index is 1.78. The van der Waals surface area contributed by atoms with E-state index >= 15 is 0 Å². The summed E-state index contributed by atoms with van der Waals surface area (Å²) in [5.74, 6) is -0.0902. The SMILES string of the molecule is Cc1nc(-c2ccccn2)sc1C(=O)N1CCCN(S(C)(=O)=O)CC1. The molecule has 0 N–H and O–H groups in total. The van der Waals surface area contributed by atoms with E-state index in [1.165, 1.54) is 21.9 Å². The molecule has 7 nitrogen and oxygen atoms in total. The van der Waals surface area contributed by atoms with Gasteiger partial charge < -0.3 is 4.90 Å². The molecule has 1 aliphatic rings. The highest BCUT2D eigenvalue weighted by atomic mass is 32.2. The van der Waals surface area contributed by atoms with Gasteiger partial charge in [-0.15, -0.1) is 11.3 Å². The van der Waals surface area contributed by atoms with Crippen LogP contribution < -0.4 is 0 Å². The number of pyridine rings is 1. The van der Waals surface area contributed by atoms with Crippen LogP contribution in [0.4, 0.5) is 0 Å². The fourth-order valence-corrected chi connectivity index (χ4v) is 4.65. The molecule has 0 bridgehead atoms. The summed E-state index contributed by atoms with van der Waals surface area (Å²) in [6.45, 7) is 3.53. The molecule has 1 aliphatic heterocycles. The summed E-state index contributed by atoms with van der Waals surface area (Å²) in [5.41, 5.74) is 1.42. The van der Waals surface area contributed by atoms with E-state index in [9.17, 15) is 13.2 Å². The van der Waals surface area contributed by atoms with E-state index in [0.717, 1.165) is 5.69 Å². The molecular weight excluding hydrogens is 360 g/mol. The van der Waals surface area contributed by atoms with Crippen molar-refractivity contribution in [2.24, 2.45) is 0 Å². The van der Waals surface area contributed by atoms with Crippen molar-refractivity contribution in [2.45, 2.75) is 13.3 Å². The van der Waals surface area contributed by atoms with Gasteiger partial charge in [0.1, 0.15) is 9.88 Å². The normalized spacial score (nSPS) is 16.6. The summed E-state index contributed by atoms with van der Waals surface area (Å²) in [4.78, 5) is 23.9. The van der Waals surface area contributed by atoms with Crippen molar-refractivity contribution in [2.75, 3.05) is 32.4 Å². The van der Waals surface area contributed by atoms with Crippen molar-refractivity contribution in [3.63, 3.8) is 0 Å². The minimum Gasteiger partial charge on any atom is -0.337 e. The Bertz CT molecular complexity index is 865. The molecule has 2 aromatic rings. The van der Waals surface area contributed by atoms with Crippen LogP contribution in [0.5, 0.6) is 0 Å². The minimum absolute atomic E-state index is 0.0902. The van der Waals surface area contributed by atoms with E-state index in [0.29, 0.717) is 48.2 Å². The van der Waals surface area contributed by atoms with E-state index in [1.807, 2.05) is 25.1 Å². The minimum atomic E-state index is -3.23. The van der Waals surface area contributed by atoms with Crippen LogP contribution >= 0.6 is 11.3 Å². The van der Waals surface area contributed by atoms with E-state index in [-0.39, 0.29) is 5.91 Å². The first-order chi connectivity index (χ1) is 11.9. The fraction of sp³-hybridized carbons (Fsp3) is 0.438. The highest BCUT2D eigenvalue weighted by Crippen LogP contribution is 2.27. The molecule has 25 heavy (non-hydrogen) atoms. The average molecular weight is 380 g/mol. The number of aryl methyl sites for hydroxylation is 1. The van der Waals surface area contributed by atoms with Crippen LogP contribution in [-0.2, 0) is 10.0 Å². The second kappa shape index (κ2) is 7.19. The van der Waals surface area contributed by atoms with E-state index < -0.39 is 10.0 Å². The van der Waals surface area contributed by atoms with Crippen LogP contribution in [0.2, 0.25) is 0 Å². The number of carbonyl (C=O) groups is 1. The fourth-order valence-electron chi connectivity index (χ4n) is 2.77. The Labute approximate surface area is 151 Å². The van der Waals surface area contributed by atoms with Gasteiger partial charge in [-0.3, -0.25) is 9.78 Å². The lowest BCUT2D eigenvalue weighted by Crippen LogP contribution is -2.36. The van der Waals surface area contributed by atoms with Crippen molar-refractivity contribution in [3.8, 4) is 10.7 Å². The van der Waals surface area contributed by atoms with Gasteiger partial charge in [0.05, 0.1) is 17.6 Å². The monoisotopic (exact) mass is 380 g/mol. The molecule has 1 amide bonds. The number of sulfonamides is 1. The van der Waals surface area contributed by atoms with Gasteiger partial charge in [-0.1, -0.05) is 6.07 Å². The number of aromatic nitrogens is 2. The molecule has 0 aliphatic carbocycles. The molecule has 0 unspecified atom stereocenters. The molecule has 0 atom stereocenters. The summed E-state index contributed by atoms with van der Waals surface area (Å²) in [6, 6.07) is 5.58. The van der Waals surface area contributed by atoms with Crippen LogP contribution in [0.1, 0.15) is 21.8 Å². The Morgan fingerprint density at radius 3 is 2.68 bits per heavy atom. The Hall–Kier alpha value is -1.84. The maximum atomic E-state index is 12.9. The van der Waals surface area contributed by atoms with E-state index in [4.69, 9.17) is 0 Å². The molecule has 0 spiro atoms. The number of carbonyl (C=O) groups excluding carboxylic acids is 1. The second-order valence-corrected chi connectivity index (χ2v) is 8.94. The Morgan fingerprint density at radius 1 is 1.20 bits per heavy atom. The standard InChI is InChI=1S/C16H20N4O3S2/c1-12-14(24-15(18-12)13-6-3-4-7-17-13)16(21)19-8-5-9-20(11-10-19)25(2,22)23/h3-4,6-7H,5,8-11H2,1-2H3. The maximum absolute atomic E-state index is 12.9. The van der Waals surface area contributed by atoms with Crippen LogP contribution in [0.15, 0.2) is 24.4 Å². The molecule has 3 heterocycles. The van der Waals surface area contributed by atoms with E-state index in [1.54, 1.807) is 11.1 Å². The van der Waals surface area contributed by atoms with Gasteiger partial charge in [0.2, 0.25) is 10.0 Å². The summed E-state index contributed by atoms with van der Waals surface area (Å²) >= 11 is 1.33. The second-order valence-electron chi connectivity index (χ2n) is 5.96. The Kier molecular flexibility index (Phi) is 5.16. The number of amides is 1. The quantitative estimate of drug-likeness (QED) is 0.808. The molecule has 9 heteroatoms. The molecule has 1 saturated heterocycles. The van der Waals surface area contributed by atoms with Crippen LogP contribution in [0, 0.1) is 6.92 Å². The first-order valence-electron chi connectivity index (χ1n) is 7.99. The summed E-state index contributed by atoms with van der Waals surface area (Å²) in [5, 5.41) is 0.717. The topological polar surface area (TPSA) is 83.5 Å². The van der Waals surface area contributed by atoms with Crippen LogP contribution in [0.3, 0.4) is 0 Å². The zero-order chi connectivity index (χ0) is 18.0. The number of thiazole rings is 1. The number of hydrogen-bond acceptors (Lipinski definition) is 6. The number of rotatable bonds is 3. The third-order valence-corrected chi connectivity index (χ3v) is 6.56. The van der Waals surface area contributed by atoms with Crippen molar-refractivity contribution in [3.05, 3.63) is 35.0 Å². The molecule has 0 aromatic carbocycles. The van der Waals surface area contributed by atoms with Crippen molar-refractivity contribution >= 4 is 27.3 Å². The van der Waals surface area contributed by atoms with Gasteiger partial charge in [-0.25, -0.2) is 17.7 Å². The van der Waals surface area contributed by atoms with Crippen molar-refractivity contribution < 1.29 is 13.2 Å². The third kappa shape index (κ3) is 4.05. The zero-order valence-corrected chi connectivity index (χ0v) is 15.8. The average Bonchev–Trinajstić information content (AvgIpc) is 2.80. The van der Waals surface area contributed by atoms with Gasteiger partial charge in [0, 0.05) is 32.4 Å². The summed E-state index contributed by atoms with van der Waals surface area (Å²) < 4.78 is 24.8. The van der Waals surface area contributed by atoms with Gasteiger partial charge in [-0.2, -0.15) is 0 Å². The van der Waals surface area contributed by atoms with E-state index in [2.05, 4.69) is 9.97 Å². The number of hydrogen-bond donors (Lipinski definition) is 0. The molecule has 134 valence electrons. The molecule has 2 aromatic heterocycles. The van der Waals surface area contributed by atoms with Crippen LogP contribution in [0.25, 0.3) is 10.7 Å².